The van der Waals surface area contributed by atoms with E-state index in [-0.39, 0.29) is 32.9 Å². The predicted octanol–water partition coefficient (Wildman–Crippen LogP) is 1.77. The summed E-state index contributed by atoms with van der Waals surface area (Å²) < 4.78 is 0. The van der Waals surface area contributed by atoms with Gasteiger partial charge >= 0.3 is 5.97 Å². The summed E-state index contributed by atoms with van der Waals surface area (Å²) in [7, 11) is 0. The number of aromatic nitrogens is 2. The molecule has 1 heterocycles. The molecule has 2 rings (SSSR count). The maximum atomic E-state index is 10.6. The third-order valence-electron chi connectivity index (χ3n) is 1.90. The van der Waals surface area contributed by atoms with E-state index in [1.807, 2.05) is 0 Å². The van der Waals surface area contributed by atoms with Gasteiger partial charge in [0.05, 0.1) is 5.56 Å². The van der Waals surface area contributed by atoms with Gasteiger partial charge in [-0.25, -0.2) is 9.78 Å². The third-order valence-corrected chi connectivity index (χ3v) is 1.90. The molecule has 2 aromatic rings. The van der Waals surface area contributed by atoms with Crippen molar-refractivity contribution in [3.63, 3.8) is 0 Å². The number of nitrogens with one attached hydrogen (secondary N) is 1. The molecule has 0 spiro atoms. The number of aromatic amines is 1. The molecule has 0 atom stereocenters. The van der Waals surface area contributed by atoms with Crippen LogP contribution in [-0.2, 0) is 27.3 Å². The minimum Gasteiger partial charge on any atom is -0.478 e. The van der Waals surface area contributed by atoms with Gasteiger partial charge in [0.15, 0.2) is 0 Å². The average molecular weight is 301 g/mol. The van der Waals surface area contributed by atoms with Crippen LogP contribution >= 0.6 is 0 Å². The molecule has 0 fully saturated rings. The third kappa shape index (κ3) is 2.65. The number of carbonyl (C=O) groups is 1. The van der Waals surface area contributed by atoms with Crippen LogP contribution in [0.15, 0.2) is 36.7 Å². The minimum atomic E-state index is -0.920. The van der Waals surface area contributed by atoms with E-state index in [4.69, 9.17) is 5.11 Å². The van der Waals surface area contributed by atoms with Gasteiger partial charge in [0.25, 0.3) is 0 Å². The number of nitrogens with zero attached hydrogens (tertiary/aromatic N) is 1. The Bertz CT molecular complexity index is 437. The number of carboxylic acid groups (broad SMARTS) is 1. The standard InChI is InChI=1S/C10H8N2O2.Cd/c13-10(14)8-3-1-7(2-4-8)9-11-5-6-12-9;/h1-6H,(H,11,12)(H,13,14);. The zero-order valence-corrected chi connectivity index (χ0v) is 12.0. The largest absolute Gasteiger partial charge is 0.478 e. The normalized spacial score (nSPS) is 9.33. The maximum absolute atomic E-state index is 10.6. The first-order valence-corrected chi connectivity index (χ1v) is 4.10. The fourth-order valence-electron chi connectivity index (χ4n) is 1.19. The summed E-state index contributed by atoms with van der Waals surface area (Å²) in [6.45, 7) is 0. The fourth-order valence-corrected chi connectivity index (χ4v) is 1.19. The van der Waals surface area contributed by atoms with Gasteiger partial charge in [-0.3, -0.25) is 0 Å². The number of rotatable bonds is 2. The SMILES string of the molecule is O=C(O)c1ccc(-c2ncc[nH]2)cc1.[Cd]. The predicted molar refractivity (Wildman–Crippen MR) is 51.0 cm³/mol. The van der Waals surface area contributed by atoms with E-state index in [0.29, 0.717) is 0 Å². The van der Waals surface area contributed by atoms with Crippen LogP contribution in [0, 0.1) is 0 Å². The van der Waals surface area contributed by atoms with Crippen LogP contribution in [0.1, 0.15) is 10.4 Å². The summed E-state index contributed by atoms with van der Waals surface area (Å²) >= 11 is 0. The van der Waals surface area contributed by atoms with Crippen LogP contribution in [0.25, 0.3) is 11.4 Å². The van der Waals surface area contributed by atoms with Gasteiger partial charge in [0.1, 0.15) is 5.82 Å². The Morgan fingerprint density at radius 2 is 1.93 bits per heavy atom. The smallest absolute Gasteiger partial charge is 0.335 e. The number of imidazole rings is 1. The first kappa shape index (κ1) is 11.9. The minimum absolute atomic E-state index is 0. The molecule has 0 unspecified atom stereocenters. The van der Waals surface area contributed by atoms with Gasteiger partial charge in [-0.2, -0.15) is 0 Å². The zero-order chi connectivity index (χ0) is 9.97. The van der Waals surface area contributed by atoms with Crippen molar-refractivity contribution in [1.29, 1.82) is 0 Å². The Hall–Kier alpha value is -1.18. The molecule has 0 radical (unpaired) electrons. The van der Waals surface area contributed by atoms with Gasteiger partial charge in [0.2, 0.25) is 0 Å². The van der Waals surface area contributed by atoms with E-state index in [0.717, 1.165) is 11.4 Å². The van der Waals surface area contributed by atoms with Crippen LogP contribution in [0.5, 0.6) is 0 Å². The quantitative estimate of drug-likeness (QED) is 0.831. The van der Waals surface area contributed by atoms with Gasteiger partial charge in [-0.1, -0.05) is 12.1 Å². The summed E-state index contributed by atoms with van der Waals surface area (Å²) in [5.41, 5.74) is 1.15. The van der Waals surface area contributed by atoms with E-state index >= 15 is 0 Å². The monoisotopic (exact) mass is 302 g/mol. The molecule has 0 aliphatic rings. The van der Waals surface area contributed by atoms with Crippen LogP contribution in [0.4, 0.5) is 0 Å². The van der Waals surface area contributed by atoms with E-state index in [1.165, 1.54) is 0 Å². The first-order chi connectivity index (χ1) is 6.77. The second kappa shape index (κ2) is 5.06. The van der Waals surface area contributed by atoms with Crippen molar-refractivity contribution in [3.05, 3.63) is 42.2 Å². The van der Waals surface area contributed by atoms with Crippen LogP contribution < -0.4 is 0 Å². The summed E-state index contributed by atoms with van der Waals surface area (Å²) in [4.78, 5) is 17.6. The molecule has 5 heteroatoms. The Morgan fingerprint density at radius 3 is 2.40 bits per heavy atom. The molecule has 0 aliphatic carbocycles. The molecule has 0 saturated carbocycles. The molecule has 4 nitrogen and oxygen atoms in total. The molecule has 2 N–H and O–H groups in total. The number of aromatic carboxylic acids is 1. The molecule has 0 amide bonds. The van der Waals surface area contributed by atoms with Gasteiger partial charge in [-0.15, -0.1) is 0 Å². The zero-order valence-electron chi connectivity index (χ0n) is 7.97. The van der Waals surface area contributed by atoms with Crippen molar-refractivity contribution in [2.24, 2.45) is 0 Å². The summed E-state index contributed by atoms with van der Waals surface area (Å²) in [6, 6.07) is 6.56. The Labute approximate surface area is 107 Å². The van der Waals surface area contributed by atoms with Gasteiger partial charge < -0.3 is 10.1 Å². The molecule has 0 aliphatic heterocycles. The molecule has 72 valence electrons. The number of hydrogen-bond acceptors (Lipinski definition) is 2. The fraction of sp³-hybridized carbons (Fsp3) is 0. The second-order valence-electron chi connectivity index (χ2n) is 2.82. The molecular weight excluding hydrogens is 293 g/mol. The van der Waals surface area contributed by atoms with Crippen LogP contribution in [-0.4, -0.2) is 21.0 Å². The van der Waals surface area contributed by atoms with Crippen molar-refractivity contribution in [3.8, 4) is 11.4 Å². The topological polar surface area (TPSA) is 66.0 Å². The maximum Gasteiger partial charge on any atom is 0.335 e. The number of H-pyrrole nitrogens is 1. The van der Waals surface area contributed by atoms with Crippen molar-refractivity contribution >= 4 is 5.97 Å². The molecule has 1 aromatic heterocycles. The second-order valence-corrected chi connectivity index (χ2v) is 2.82. The van der Waals surface area contributed by atoms with E-state index in [1.54, 1.807) is 36.7 Å². The van der Waals surface area contributed by atoms with Gasteiger partial charge in [0, 0.05) is 45.3 Å². The first-order valence-electron chi connectivity index (χ1n) is 4.10. The molecule has 0 saturated heterocycles. The summed E-state index contributed by atoms with van der Waals surface area (Å²) in [6.07, 6.45) is 3.38. The van der Waals surface area contributed by atoms with Gasteiger partial charge in [-0.05, 0) is 12.1 Å². The molecular formula is C10H8CdN2O2. The van der Waals surface area contributed by atoms with Crippen molar-refractivity contribution < 1.29 is 37.2 Å². The Kier molecular flexibility index (Phi) is 4.01. The number of hydrogen-bond donors (Lipinski definition) is 2. The Morgan fingerprint density at radius 1 is 1.27 bits per heavy atom. The summed E-state index contributed by atoms with van der Waals surface area (Å²) in [5, 5.41) is 8.68. The summed E-state index contributed by atoms with van der Waals surface area (Å²) in [5.74, 6) is -0.182. The number of carboxylic acids is 1. The van der Waals surface area contributed by atoms with Crippen LogP contribution in [0.3, 0.4) is 0 Å². The molecule has 1 aromatic carbocycles. The molecule has 15 heavy (non-hydrogen) atoms. The van der Waals surface area contributed by atoms with E-state index < -0.39 is 5.97 Å². The van der Waals surface area contributed by atoms with E-state index in [9.17, 15) is 4.79 Å². The molecule has 0 bridgehead atoms. The van der Waals surface area contributed by atoms with Crippen molar-refractivity contribution in [2.75, 3.05) is 0 Å². The average Bonchev–Trinajstić information content (AvgIpc) is 2.71. The van der Waals surface area contributed by atoms with Crippen molar-refractivity contribution in [1.82, 2.24) is 9.97 Å². The number of benzene rings is 1. The van der Waals surface area contributed by atoms with Crippen molar-refractivity contribution in [2.45, 2.75) is 0 Å². The van der Waals surface area contributed by atoms with Crippen LogP contribution in [0.2, 0.25) is 0 Å². The Balaban J connectivity index is 0.00000112. The van der Waals surface area contributed by atoms with E-state index in [2.05, 4.69) is 9.97 Å².